The van der Waals surface area contributed by atoms with E-state index in [0.29, 0.717) is 24.0 Å². The van der Waals surface area contributed by atoms with Crippen molar-refractivity contribution >= 4 is 15.8 Å². The zero-order valence-electron chi connectivity index (χ0n) is 22.1. The van der Waals surface area contributed by atoms with Crippen molar-refractivity contribution in [3.8, 4) is 0 Å². The van der Waals surface area contributed by atoms with Gasteiger partial charge in [-0.3, -0.25) is 0 Å². The molecule has 0 aromatic heterocycles. The van der Waals surface area contributed by atoms with Crippen LogP contribution in [0.2, 0.25) is 0 Å². The molecule has 1 fully saturated rings. The first-order chi connectivity index (χ1) is 17.8. The zero-order chi connectivity index (χ0) is 27.7. The molecule has 1 aliphatic carbocycles. The predicted molar refractivity (Wildman–Crippen MR) is 143 cm³/mol. The van der Waals surface area contributed by atoms with Gasteiger partial charge < -0.3 is 14.7 Å². The molecule has 1 N–H and O–H groups in total. The lowest BCUT2D eigenvalue weighted by atomic mass is 9.76. The molecule has 1 unspecified atom stereocenters. The normalized spacial score (nSPS) is 20.9. The van der Waals surface area contributed by atoms with E-state index in [2.05, 4.69) is 4.85 Å². The van der Waals surface area contributed by atoms with Crippen LogP contribution in [0.3, 0.4) is 0 Å². The summed E-state index contributed by atoms with van der Waals surface area (Å²) in [5.41, 5.74) is -0.0248. The van der Waals surface area contributed by atoms with Crippen molar-refractivity contribution in [2.75, 3.05) is 6.26 Å². The van der Waals surface area contributed by atoms with Crippen LogP contribution in [0.5, 0.6) is 0 Å². The summed E-state index contributed by atoms with van der Waals surface area (Å²) in [5, 5.41) is 11.1. The van der Waals surface area contributed by atoms with Crippen LogP contribution in [0.1, 0.15) is 69.1 Å². The Balaban J connectivity index is 1.58. The minimum Gasteiger partial charge on any atom is -0.512 e. The van der Waals surface area contributed by atoms with Crippen LogP contribution >= 0.6 is 0 Å². The summed E-state index contributed by atoms with van der Waals surface area (Å²) in [6.45, 7) is 10.7. The highest BCUT2D eigenvalue weighted by atomic mass is 32.2. The van der Waals surface area contributed by atoms with Crippen molar-refractivity contribution in [3.63, 3.8) is 0 Å². The maximum atomic E-state index is 14.9. The number of ether oxygens (including phenoxy) is 1. The third-order valence-corrected chi connectivity index (χ3v) is 9.08. The third kappa shape index (κ3) is 5.78. The van der Waals surface area contributed by atoms with Crippen LogP contribution in [-0.2, 0) is 37.7 Å². The molecule has 1 aliphatic heterocycles. The summed E-state index contributed by atoms with van der Waals surface area (Å²) in [4.78, 5) is 16.9. The van der Waals surface area contributed by atoms with Gasteiger partial charge >= 0.3 is 5.97 Å². The van der Waals surface area contributed by atoms with Gasteiger partial charge in [0.2, 0.25) is 0 Å². The van der Waals surface area contributed by atoms with Crippen LogP contribution in [0, 0.1) is 18.3 Å². The van der Waals surface area contributed by atoms with E-state index in [1.807, 2.05) is 6.07 Å². The maximum Gasteiger partial charge on any atom is 0.338 e. The molecule has 0 amide bonds. The Labute approximate surface area is 224 Å². The predicted octanol–water partition coefficient (Wildman–Crippen LogP) is 6.25. The first kappa shape index (κ1) is 27.8. The summed E-state index contributed by atoms with van der Waals surface area (Å²) in [5.74, 6) is -0.960. The van der Waals surface area contributed by atoms with Gasteiger partial charge in [0.25, 0.3) is 5.54 Å². The fraction of sp³-hybridized carbons (Fsp3) is 0.467. The molecule has 0 bridgehead atoms. The number of cyclic esters (lactones) is 1. The van der Waals surface area contributed by atoms with Gasteiger partial charge in [-0.15, -0.1) is 0 Å². The van der Waals surface area contributed by atoms with E-state index in [0.717, 1.165) is 37.5 Å². The van der Waals surface area contributed by atoms with Gasteiger partial charge in [-0.2, -0.15) is 0 Å². The van der Waals surface area contributed by atoms with Crippen LogP contribution in [0.4, 0.5) is 4.39 Å². The standard InChI is InChI=1S/C30H34FNO5S/c1-29(2,32-3)25-13-12-20(18-26(25)31)14-15-30(22-9-5-6-10-22)19-27(33)24(28(34)37-30)17-21-8-7-11-23(16-21)38(4,35)36/h7-8,11-13,16,18,22,33H,5-6,9-10,14-15,17,19H2,1-2,4H3. The van der Waals surface area contributed by atoms with E-state index < -0.39 is 32.8 Å². The molecule has 1 atom stereocenters. The molecule has 2 aromatic carbocycles. The number of sulfone groups is 1. The summed E-state index contributed by atoms with van der Waals surface area (Å²) < 4.78 is 44.9. The smallest absolute Gasteiger partial charge is 0.338 e. The highest BCUT2D eigenvalue weighted by Crippen LogP contribution is 2.46. The monoisotopic (exact) mass is 539 g/mol. The van der Waals surface area contributed by atoms with E-state index in [1.54, 1.807) is 32.0 Å². The van der Waals surface area contributed by atoms with E-state index >= 15 is 0 Å². The molecule has 1 heterocycles. The van der Waals surface area contributed by atoms with Gasteiger partial charge in [0, 0.05) is 32.9 Å². The van der Waals surface area contributed by atoms with Crippen molar-refractivity contribution in [2.24, 2.45) is 5.92 Å². The maximum absolute atomic E-state index is 14.9. The lowest BCUT2D eigenvalue weighted by Gasteiger charge is -2.42. The molecule has 38 heavy (non-hydrogen) atoms. The Bertz CT molecular complexity index is 1420. The van der Waals surface area contributed by atoms with Crippen LogP contribution in [0.15, 0.2) is 58.7 Å². The molecule has 0 spiro atoms. The average Bonchev–Trinajstić information content (AvgIpc) is 3.40. The van der Waals surface area contributed by atoms with Crippen molar-refractivity contribution < 1.29 is 27.4 Å². The largest absolute Gasteiger partial charge is 0.512 e. The SMILES string of the molecule is [C-]#[N+]C(C)(C)c1ccc(CCC2(C3CCCC3)CC(O)=C(Cc3cccc(S(C)(=O)=O)c3)C(=O)O2)cc1F. The minimum absolute atomic E-state index is 0.0294. The van der Waals surface area contributed by atoms with Crippen molar-refractivity contribution in [3.05, 3.63) is 87.7 Å². The van der Waals surface area contributed by atoms with E-state index in [1.165, 1.54) is 18.2 Å². The van der Waals surface area contributed by atoms with Gasteiger partial charge in [0.05, 0.1) is 16.0 Å². The summed E-state index contributed by atoms with van der Waals surface area (Å²) in [7, 11) is -3.41. The van der Waals surface area contributed by atoms with Crippen LogP contribution < -0.4 is 0 Å². The van der Waals surface area contributed by atoms with Gasteiger partial charge in [-0.05, 0) is 67.0 Å². The van der Waals surface area contributed by atoms with Crippen molar-refractivity contribution in [2.45, 2.75) is 81.2 Å². The fourth-order valence-electron chi connectivity index (χ4n) is 5.70. The second kappa shape index (κ2) is 10.5. The fourth-order valence-corrected chi connectivity index (χ4v) is 6.40. The summed E-state index contributed by atoms with van der Waals surface area (Å²) >= 11 is 0. The van der Waals surface area contributed by atoms with Crippen molar-refractivity contribution in [1.82, 2.24) is 0 Å². The number of aliphatic hydroxyl groups is 1. The van der Waals surface area contributed by atoms with Gasteiger partial charge in [0.1, 0.15) is 17.2 Å². The molecule has 2 aromatic rings. The average molecular weight is 540 g/mol. The van der Waals surface area contributed by atoms with E-state index in [9.17, 15) is 22.7 Å². The Morgan fingerprint density at radius 3 is 2.47 bits per heavy atom. The number of nitrogens with zero attached hydrogens (tertiary/aromatic N) is 1. The van der Waals surface area contributed by atoms with Crippen LogP contribution in [-0.4, -0.2) is 31.4 Å². The highest BCUT2D eigenvalue weighted by molar-refractivity contribution is 7.90. The first-order valence-electron chi connectivity index (χ1n) is 13.0. The molecular weight excluding hydrogens is 505 g/mol. The number of esters is 1. The van der Waals surface area contributed by atoms with Gasteiger partial charge in [-0.25, -0.2) is 24.2 Å². The number of carbonyl (C=O) groups is 1. The Morgan fingerprint density at radius 2 is 1.87 bits per heavy atom. The number of benzene rings is 2. The van der Waals surface area contributed by atoms with E-state index in [-0.39, 0.29) is 35.0 Å². The van der Waals surface area contributed by atoms with Gasteiger partial charge in [0.15, 0.2) is 9.84 Å². The third-order valence-electron chi connectivity index (χ3n) is 7.97. The number of rotatable bonds is 8. The van der Waals surface area contributed by atoms with Crippen molar-refractivity contribution in [1.29, 1.82) is 0 Å². The molecule has 202 valence electrons. The second-order valence-electron chi connectivity index (χ2n) is 11.1. The Hall–Kier alpha value is -3.18. The second-order valence-corrected chi connectivity index (χ2v) is 13.1. The number of aliphatic hydroxyl groups excluding tert-OH is 1. The van der Waals surface area contributed by atoms with Crippen LogP contribution in [0.25, 0.3) is 4.85 Å². The molecule has 2 aliphatic rings. The Morgan fingerprint density at radius 1 is 1.16 bits per heavy atom. The molecule has 4 rings (SSSR count). The lowest BCUT2D eigenvalue weighted by molar-refractivity contribution is -0.167. The molecule has 6 nitrogen and oxygen atoms in total. The van der Waals surface area contributed by atoms with Gasteiger partial charge in [-0.1, -0.05) is 31.0 Å². The number of hydrogen-bond acceptors (Lipinski definition) is 5. The minimum atomic E-state index is -3.41. The number of aryl methyl sites for hydroxylation is 1. The molecule has 0 saturated heterocycles. The van der Waals surface area contributed by atoms with E-state index in [4.69, 9.17) is 11.3 Å². The lowest BCUT2D eigenvalue weighted by Crippen LogP contribution is -2.46. The number of halogens is 1. The summed E-state index contributed by atoms with van der Waals surface area (Å²) in [6.07, 6.45) is 6.08. The molecule has 8 heteroatoms. The summed E-state index contributed by atoms with van der Waals surface area (Å²) in [6, 6.07) is 11.3. The molecule has 0 radical (unpaired) electrons. The first-order valence-corrected chi connectivity index (χ1v) is 14.8. The zero-order valence-corrected chi connectivity index (χ0v) is 22.9. The molecular formula is C30H34FNO5S. The quantitative estimate of drug-likeness (QED) is 0.317. The number of carbonyl (C=O) groups excluding carboxylic acids is 1. The topological polar surface area (TPSA) is 85.0 Å². The molecule has 1 saturated carbocycles. The highest BCUT2D eigenvalue weighted by Gasteiger charge is 2.48. The Kier molecular flexibility index (Phi) is 7.72. The number of hydrogen-bond donors (Lipinski definition) is 1.